The molecule has 0 saturated heterocycles. The van der Waals surface area contributed by atoms with E-state index in [2.05, 4.69) is 43.3 Å². The highest BCUT2D eigenvalue weighted by atomic mass is 32.2. The lowest BCUT2D eigenvalue weighted by molar-refractivity contribution is -0.119. The molecule has 1 saturated carbocycles. The van der Waals surface area contributed by atoms with Crippen LogP contribution in [0.3, 0.4) is 0 Å². The molecule has 0 radical (unpaired) electrons. The molecule has 0 spiro atoms. The van der Waals surface area contributed by atoms with Crippen molar-refractivity contribution in [2.75, 3.05) is 0 Å². The molecule has 0 heterocycles. The van der Waals surface area contributed by atoms with Crippen LogP contribution < -0.4 is 0 Å². The highest BCUT2D eigenvalue weighted by molar-refractivity contribution is 8.01. The number of ketones is 1. The summed E-state index contributed by atoms with van der Waals surface area (Å²) in [6.45, 7) is 2.09. The van der Waals surface area contributed by atoms with E-state index < -0.39 is 0 Å². The average Bonchev–Trinajstić information content (AvgIpc) is 2.85. The summed E-state index contributed by atoms with van der Waals surface area (Å²) in [4.78, 5) is 13.7. The molecule has 2 aromatic rings. The van der Waals surface area contributed by atoms with Gasteiger partial charge in [0.1, 0.15) is 4.75 Å². The van der Waals surface area contributed by atoms with Gasteiger partial charge in [0.15, 0.2) is 5.78 Å². The molecular formula is C18H18OS. The normalized spacial score (nSPS) is 22.1. The van der Waals surface area contributed by atoms with Gasteiger partial charge in [0.25, 0.3) is 0 Å². The minimum absolute atomic E-state index is 0.370. The Bertz CT molecular complexity index is 603. The average molecular weight is 282 g/mol. The van der Waals surface area contributed by atoms with E-state index in [0.29, 0.717) is 12.2 Å². The van der Waals surface area contributed by atoms with Crippen molar-refractivity contribution in [3.8, 4) is 0 Å². The second kappa shape index (κ2) is 5.45. The van der Waals surface area contributed by atoms with Gasteiger partial charge in [-0.25, -0.2) is 0 Å². The van der Waals surface area contributed by atoms with Crippen LogP contribution in [0.25, 0.3) is 0 Å². The minimum atomic E-state index is -0.378. The minimum Gasteiger partial charge on any atom is -0.298 e. The molecule has 0 N–H and O–H groups in total. The number of hydrogen-bond acceptors (Lipinski definition) is 2. The van der Waals surface area contributed by atoms with Crippen LogP contribution in [-0.4, -0.2) is 5.78 Å². The van der Waals surface area contributed by atoms with Crippen LogP contribution in [0.4, 0.5) is 0 Å². The maximum absolute atomic E-state index is 12.5. The quantitative estimate of drug-likeness (QED) is 0.809. The summed E-state index contributed by atoms with van der Waals surface area (Å²) in [5.41, 5.74) is 2.40. The van der Waals surface area contributed by atoms with Gasteiger partial charge in [-0.1, -0.05) is 48.0 Å². The summed E-state index contributed by atoms with van der Waals surface area (Å²) < 4.78 is -0.378. The summed E-state index contributed by atoms with van der Waals surface area (Å²) in [7, 11) is 0. The predicted molar refractivity (Wildman–Crippen MR) is 84.0 cm³/mol. The van der Waals surface area contributed by atoms with Crippen molar-refractivity contribution in [1.82, 2.24) is 0 Å². The Morgan fingerprint density at radius 3 is 2.30 bits per heavy atom. The number of benzene rings is 2. The van der Waals surface area contributed by atoms with Gasteiger partial charge in [-0.15, -0.1) is 11.8 Å². The number of Topliss-reactive ketones (excluding diaryl/α,β-unsaturated/α-hetero) is 1. The van der Waals surface area contributed by atoms with Gasteiger partial charge in [0.05, 0.1) is 0 Å². The Balaban J connectivity index is 1.99. The third-order valence-corrected chi connectivity index (χ3v) is 5.46. The molecule has 1 aliphatic carbocycles. The van der Waals surface area contributed by atoms with E-state index >= 15 is 0 Å². The zero-order valence-electron chi connectivity index (χ0n) is 11.6. The van der Waals surface area contributed by atoms with Crippen LogP contribution >= 0.6 is 11.8 Å². The van der Waals surface area contributed by atoms with E-state index in [-0.39, 0.29) is 4.75 Å². The second-order valence-corrected chi connectivity index (χ2v) is 6.76. The van der Waals surface area contributed by atoms with E-state index in [0.717, 1.165) is 18.4 Å². The van der Waals surface area contributed by atoms with E-state index in [1.165, 1.54) is 10.5 Å². The number of carbonyl (C=O) groups excluding carboxylic acids is 1. The maximum atomic E-state index is 12.5. The van der Waals surface area contributed by atoms with E-state index in [1.807, 2.05) is 18.2 Å². The van der Waals surface area contributed by atoms with Gasteiger partial charge in [-0.2, -0.15) is 0 Å². The van der Waals surface area contributed by atoms with Crippen LogP contribution in [0, 0.1) is 6.92 Å². The van der Waals surface area contributed by atoms with Crippen molar-refractivity contribution in [3.05, 3.63) is 65.7 Å². The number of aryl methyl sites for hydroxylation is 1. The van der Waals surface area contributed by atoms with Gasteiger partial charge in [-0.05, 0) is 37.5 Å². The Hall–Kier alpha value is -1.54. The van der Waals surface area contributed by atoms with Gasteiger partial charge >= 0.3 is 0 Å². The molecule has 102 valence electrons. The number of carbonyl (C=O) groups is 1. The fraction of sp³-hybridized carbons (Fsp3) is 0.278. The molecule has 1 fully saturated rings. The first kappa shape index (κ1) is 13.4. The Morgan fingerprint density at radius 2 is 1.70 bits per heavy atom. The Kier molecular flexibility index (Phi) is 3.66. The largest absolute Gasteiger partial charge is 0.298 e. The van der Waals surface area contributed by atoms with Crippen molar-refractivity contribution in [2.45, 2.75) is 35.8 Å². The summed E-state index contributed by atoms with van der Waals surface area (Å²) >= 11 is 1.72. The molecule has 2 aromatic carbocycles. The summed E-state index contributed by atoms with van der Waals surface area (Å²) in [6.07, 6.45) is 2.63. The van der Waals surface area contributed by atoms with E-state index in [9.17, 15) is 4.79 Å². The van der Waals surface area contributed by atoms with Crippen LogP contribution in [-0.2, 0) is 9.54 Å². The standard InChI is InChI=1S/C18H18OS/c1-14-9-11-16(12-10-14)20-18(13-5-8-17(18)19)15-6-3-2-4-7-15/h2-4,6-7,9-12H,5,8,13H2,1H3. The molecule has 2 heteroatoms. The lowest BCUT2D eigenvalue weighted by Gasteiger charge is -2.27. The smallest absolute Gasteiger partial charge is 0.153 e. The van der Waals surface area contributed by atoms with Crippen LogP contribution in [0.15, 0.2) is 59.5 Å². The van der Waals surface area contributed by atoms with Gasteiger partial charge in [0, 0.05) is 11.3 Å². The molecule has 1 nitrogen and oxygen atoms in total. The molecule has 1 unspecified atom stereocenters. The first-order valence-electron chi connectivity index (χ1n) is 7.05. The molecule has 20 heavy (non-hydrogen) atoms. The second-order valence-electron chi connectivity index (χ2n) is 5.38. The predicted octanol–water partition coefficient (Wildman–Crippen LogP) is 4.74. The Labute approximate surface area is 124 Å². The summed E-state index contributed by atoms with van der Waals surface area (Å²) in [5.74, 6) is 0.370. The third kappa shape index (κ3) is 2.40. The highest BCUT2D eigenvalue weighted by Gasteiger charge is 2.44. The van der Waals surface area contributed by atoms with Crippen LogP contribution in [0.1, 0.15) is 30.4 Å². The molecule has 0 aliphatic heterocycles. The fourth-order valence-electron chi connectivity index (χ4n) is 2.83. The topological polar surface area (TPSA) is 17.1 Å². The molecule has 3 rings (SSSR count). The highest BCUT2D eigenvalue weighted by Crippen LogP contribution is 2.50. The molecule has 1 aliphatic rings. The van der Waals surface area contributed by atoms with Crippen LogP contribution in [0.5, 0.6) is 0 Å². The maximum Gasteiger partial charge on any atom is 0.153 e. The van der Waals surface area contributed by atoms with E-state index in [4.69, 9.17) is 0 Å². The van der Waals surface area contributed by atoms with Gasteiger partial charge < -0.3 is 0 Å². The van der Waals surface area contributed by atoms with Crippen molar-refractivity contribution >= 4 is 17.5 Å². The lowest BCUT2D eigenvalue weighted by atomic mass is 9.96. The zero-order valence-corrected chi connectivity index (χ0v) is 12.5. The van der Waals surface area contributed by atoms with Gasteiger partial charge in [-0.3, -0.25) is 4.79 Å². The van der Waals surface area contributed by atoms with Crippen molar-refractivity contribution < 1.29 is 4.79 Å². The van der Waals surface area contributed by atoms with Crippen molar-refractivity contribution in [1.29, 1.82) is 0 Å². The third-order valence-electron chi connectivity index (χ3n) is 3.94. The summed E-state index contributed by atoms with van der Waals surface area (Å²) in [6, 6.07) is 18.7. The van der Waals surface area contributed by atoms with Crippen LogP contribution in [0.2, 0.25) is 0 Å². The van der Waals surface area contributed by atoms with Crippen molar-refractivity contribution in [3.63, 3.8) is 0 Å². The van der Waals surface area contributed by atoms with Gasteiger partial charge in [0.2, 0.25) is 0 Å². The first-order chi connectivity index (χ1) is 9.71. The fourth-order valence-corrected chi connectivity index (χ4v) is 4.22. The number of hydrogen-bond donors (Lipinski definition) is 0. The molecular weight excluding hydrogens is 264 g/mol. The summed E-state index contributed by atoms with van der Waals surface area (Å²) in [5, 5.41) is 0. The van der Waals surface area contributed by atoms with Crippen molar-refractivity contribution in [2.24, 2.45) is 0 Å². The first-order valence-corrected chi connectivity index (χ1v) is 7.87. The molecule has 0 bridgehead atoms. The molecule has 1 atom stereocenters. The SMILES string of the molecule is Cc1ccc(SC2(c3ccccc3)CCCC2=O)cc1. The monoisotopic (exact) mass is 282 g/mol. The Morgan fingerprint density at radius 1 is 1.00 bits per heavy atom. The molecule has 0 amide bonds. The lowest BCUT2D eigenvalue weighted by Crippen LogP contribution is -2.26. The zero-order chi connectivity index (χ0) is 14.0. The number of thioether (sulfide) groups is 1. The van der Waals surface area contributed by atoms with E-state index in [1.54, 1.807) is 11.8 Å². The number of rotatable bonds is 3. The molecule has 0 aromatic heterocycles.